The fraction of sp³-hybridized carbons (Fsp3) is 0.812. The topological polar surface area (TPSA) is 320 Å². The van der Waals surface area contributed by atoms with Crippen LogP contribution in [0.3, 0.4) is 0 Å². The van der Waals surface area contributed by atoms with Gasteiger partial charge in [0.05, 0.1) is 32.0 Å². The Kier molecular flexibility index (Phi) is 35.2. The van der Waals surface area contributed by atoms with Gasteiger partial charge in [-0.3, -0.25) is 52.7 Å². The molecule has 96 heavy (non-hydrogen) atoms. The molecule has 0 radical (unpaired) electrons. The average molecular weight is 1360 g/mol. The number of quaternary nitrogens is 1. The third-order valence-electron chi connectivity index (χ3n) is 18.9. The van der Waals surface area contributed by atoms with Crippen molar-refractivity contribution >= 4 is 65.0 Å². The first-order valence-electron chi connectivity index (χ1n) is 34.7. The predicted octanol–water partition coefficient (Wildman–Crippen LogP) is 3.14. The SMILES string of the molecule is C/C=C/C[C@@H](C)[C@@H](O)[C@H]1C(=O)N[C@@H](CC)C(=O)N(C)[C@H](C)C(=O)N(C)[C@@H]([C@@H](C)OCCCC[N+]2([O-])CCOCC2)C(=O)N[C@@H](C(C)C)C(=O)N(C)[C@H](CC(C)C)C(=O)N[C@@H](C)C(=O)N[C@@H](C)C(=O)N(C)[C@@H](CC(C)C)C(=O)N(C)[C@H](CC(C)C)C(=O)N(C)[C@@H](C(C)C)C(=O)N1C. The summed E-state index contributed by atoms with van der Waals surface area (Å²) in [7, 11) is 9.79. The number of morpholine rings is 1. The monoisotopic (exact) mass is 1360 g/mol. The summed E-state index contributed by atoms with van der Waals surface area (Å²) in [5.74, 6) is -10.4. The lowest BCUT2D eigenvalue weighted by atomic mass is 9.91. The van der Waals surface area contributed by atoms with Crippen molar-refractivity contribution in [2.45, 2.75) is 241 Å². The van der Waals surface area contributed by atoms with Crippen molar-refractivity contribution in [1.82, 2.24) is 55.6 Å². The molecule has 27 heteroatoms. The van der Waals surface area contributed by atoms with Crippen LogP contribution in [0.25, 0.3) is 0 Å². The van der Waals surface area contributed by atoms with Crippen molar-refractivity contribution in [1.29, 1.82) is 0 Å². The van der Waals surface area contributed by atoms with Crippen LogP contribution in [-0.4, -0.2) is 276 Å². The van der Waals surface area contributed by atoms with E-state index in [4.69, 9.17) is 9.47 Å². The van der Waals surface area contributed by atoms with Gasteiger partial charge in [0, 0.05) is 55.9 Å². The number of carbonyl (C=O) groups is 11. The van der Waals surface area contributed by atoms with Crippen molar-refractivity contribution in [3.8, 4) is 0 Å². The Morgan fingerprint density at radius 2 is 1.00 bits per heavy atom. The molecular formula is C69H124N12O15. The lowest BCUT2D eigenvalue weighted by Crippen LogP contribution is -2.64. The molecule has 0 bridgehead atoms. The summed E-state index contributed by atoms with van der Waals surface area (Å²) in [6, 6.07) is -14.4. The number of hydrogen-bond donors (Lipinski definition) is 5. The van der Waals surface area contributed by atoms with Crippen molar-refractivity contribution < 1.29 is 72.0 Å². The Morgan fingerprint density at radius 1 is 0.531 bits per heavy atom. The summed E-state index contributed by atoms with van der Waals surface area (Å²) in [6.07, 6.45) is 2.52. The van der Waals surface area contributed by atoms with Gasteiger partial charge >= 0.3 is 0 Å². The number of amides is 11. The van der Waals surface area contributed by atoms with E-state index in [0.717, 1.165) is 14.7 Å². The molecule has 27 nitrogen and oxygen atoms in total. The van der Waals surface area contributed by atoms with Crippen molar-refractivity contribution in [3.05, 3.63) is 17.4 Å². The van der Waals surface area contributed by atoms with Crippen LogP contribution in [0.15, 0.2) is 12.2 Å². The number of allylic oxidation sites excluding steroid dienone is 2. The van der Waals surface area contributed by atoms with Crippen LogP contribution in [0.5, 0.6) is 0 Å². The van der Waals surface area contributed by atoms with Gasteiger partial charge in [-0.05, 0) is 115 Å². The first kappa shape index (κ1) is 85.8. The number of aliphatic hydroxyl groups is 1. The molecule has 5 N–H and O–H groups in total. The zero-order valence-corrected chi connectivity index (χ0v) is 62.6. The summed E-state index contributed by atoms with van der Waals surface area (Å²) in [4.78, 5) is 172. The van der Waals surface area contributed by atoms with Crippen LogP contribution in [-0.2, 0) is 62.2 Å². The zero-order valence-electron chi connectivity index (χ0n) is 62.6. The number of hydroxylamine groups is 3. The summed E-state index contributed by atoms with van der Waals surface area (Å²) in [6.45, 7) is 30.7. The highest BCUT2D eigenvalue weighted by molar-refractivity contribution is 6.00. The summed E-state index contributed by atoms with van der Waals surface area (Å²) in [5.41, 5.74) is 0. The van der Waals surface area contributed by atoms with Gasteiger partial charge in [0.2, 0.25) is 65.0 Å². The van der Waals surface area contributed by atoms with E-state index >= 15 is 24.0 Å². The normalized spacial score (nSPS) is 27.8. The molecule has 2 rings (SSSR count). The van der Waals surface area contributed by atoms with Gasteiger partial charge in [-0.15, -0.1) is 0 Å². The fourth-order valence-electron chi connectivity index (χ4n) is 12.5. The molecule has 0 spiro atoms. The highest BCUT2D eigenvalue weighted by atomic mass is 16.6. The molecule has 2 aliphatic rings. The molecule has 0 aromatic rings. The van der Waals surface area contributed by atoms with E-state index in [0.29, 0.717) is 45.7 Å². The van der Waals surface area contributed by atoms with Crippen LogP contribution >= 0.6 is 0 Å². The number of rotatable bonds is 20. The van der Waals surface area contributed by atoms with E-state index in [1.54, 1.807) is 67.5 Å². The van der Waals surface area contributed by atoms with E-state index < -0.39 is 166 Å². The molecule has 0 aliphatic carbocycles. The lowest BCUT2D eigenvalue weighted by Gasteiger charge is -2.45. The molecule has 0 unspecified atom stereocenters. The summed E-state index contributed by atoms with van der Waals surface area (Å²) >= 11 is 0. The number of likely N-dealkylation sites (N-methyl/N-ethyl adjacent to an activating group) is 7. The molecule has 14 atom stereocenters. The van der Waals surface area contributed by atoms with E-state index in [9.17, 15) is 39.1 Å². The van der Waals surface area contributed by atoms with Gasteiger partial charge in [-0.25, -0.2) is 0 Å². The van der Waals surface area contributed by atoms with Crippen molar-refractivity contribution in [3.63, 3.8) is 0 Å². The average Bonchev–Trinajstić information content (AvgIpc) is 0.810. The number of ether oxygens (including phenoxy) is 2. The third kappa shape index (κ3) is 23.7. The maximum absolute atomic E-state index is 15.3. The number of unbranched alkanes of at least 4 members (excludes halogenated alkanes) is 1. The molecule has 2 saturated heterocycles. The van der Waals surface area contributed by atoms with Gasteiger partial charge in [0.25, 0.3) is 0 Å². The smallest absolute Gasteiger partial charge is 0.246 e. The van der Waals surface area contributed by atoms with Gasteiger partial charge in [-0.2, -0.15) is 0 Å². The number of carbonyl (C=O) groups excluding carboxylic acids is 11. The van der Waals surface area contributed by atoms with E-state index in [2.05, 4.69) is 21.3 Å². The molecule has 550 valence electrons. The van der Waals surface area contributed by atoms with Crippen LogP contribution in [0.4, 0.5) is 0 Å². The van der Waals surface area contributed by atoms with Crippen LogP contribution < -0.4 is 21.3 Å². The quantitative estimate of drug-likeness (QED) is 0.0506. The van der Waals surface area contributed by atoms with Gasteiger partial charge in [-0.1, -0.05) is 95.2 Å². The molecular weight excluding hydrogens is 1240 g/mol. The maximum atomic E-state index is 15.3. The van der Waals surface area contributed by atoms with Gasteiger partial charge in [0.1, 0.15) is 79.5 Å². The third-order valence-corrected chi connectivity index (χ3v) is 18.9. The minimum Gasteiger partial charge on any atom is -0.633 e. The molecule has 2 heterocycles. The van der Waals surface area contributed by atoms with Gasteiger partial charge in [0.15, 0.2) is 0 Å². The lowest BCUT2D eigenvalue weighted by molar-refractivity contribution is -0.888. The van der Waals surface area contributed by atoms with E-state index in [1.165, 1.54) is 89.7 Å². The molecule has 2 aliphatic heterocycles. The number of nitrogens with one attached hydrogen (secondary N) is 4. The fourth-order valence-corrected chi connectivity index (χ4v) is 12.5. The van der Waals surface area contributed by atoms with Crippen LogP contribution in [0.2, 0.25) is 0 Å². The summed E-state index contributed by atoms with van der Waals surface area (Å²) in [5, 5.41) is 36.5. The second-order valence-electron chi connectivity index (χ2n) is 28.9. The zero-order chi connectivity index (χ0) is 73.7. The number of aliphatic hydroxyl groups excluding tert-OH is 1. The first-order valence-corrected chi connectivity index (χ1v) is 34.7. The number of nitrogens with zero attached hydrogens (tertiary/aromatic N) is 8. The second kappa shape index (κ2) is 39.3. The molecule has 0 aromatic carbocycles. The molecule has 0 aromatic heterocycles. The largest absolute Gasteiger partial charge is 0.633 e. The van der Waals surface area contributed by atoms with Crippen molar-refractivity contribution in [2.75, 3.05) is 88.8 Å². The summed E-state index contributed by atoms with van der Waals surface area (Å²) < 4.78 is 11.3. The van der Waals surface area contributed by atoms with Crippen molar-refractivity contribution in [2.24, 2.45) is 35.5 Å². The first-order chi connectivity index (χ1) is 44.5. The maximum Gasteiger partial charge on any atom is 0.246 e. The Hall–Kier alpha value is -6.29. The highest BCUT2D eigenvalue weighted by Crippen LogP contribution is 2.26. The number of hydrogen-bond acceptors (Lipinski definition) is 15. The Bertz CT molecular complexity index is 2630. The molecule has 0 saturated carbocycles. The molecule has 11 amide bonds. The molecule has 2 fully saturated rings. The Balaban J connectivity index is 3.01. The predicted molar refractivity (Wildman–Crippen MR) is 367 cm³/mol. The minimum atomic E-state index is -1.66. The van der Waals surface area contributed by atoms with E-state index in [1.807, 2.05) is 41.5 Å². The minimum absolute atomic E-state index is 0.0284. The second-order valence-corrected chi connectivity index (χ2v) is 28.9. The van der Waals surface area contributed by atoms with Gasteiger partial charge < -0.3 is 80.0 Å². The Labute approximate surface area is 573 Å². The van der Waals surface area contributed by atoms with Crippen LogP contribution in [0.1, 0.15) is 163 Å². The van der Waals surface area contributed by atoms with Crippen LogP contribution in [0, 0.1) is 40.7 Å². The van der Waals surface area contributed by atoms with E-state index in [-0.39, 0.29) is 56.5 Å². The standard InChI is InChI=1S/C69H124N12O15/c1-25-27-30-45(13)58(82)57-62(86)72-50(26-2)65(89)74(18)48(16)64(88)79(23)56(49(17)96-34-29-28-31-81(94)32-35-95-36-33-81)61(85)73-54(43(9)10)68(92)75(19)51(37-40(3)4)60(84)70-46(14)59(83)71-47(15)63(87)76(20)52(38-41(5)6)66(90)77(21)53(39-42(7)8)67(91)78(22)55(44(11)12)69(93)80(57)24/h25,27,40-58,82H,26,28-39H2,1-24H3,(H,70,84)(H,71,83)(H,72,86)(H,73,85)/b27-25+/t45-,46+,47+,48-,49-,50+,51-,52+,53-,54+,55+,56+,57+,58-/m1/s1. The highest BCUT2D eigenvalue weighted by Gasteiger charge is 2.47. The Morgan fingerprint density at radius 3 is 1.50 bits per heavy atom.